The topological polar surface area (TPSA) is 102 Å². The maximum Gasteiger partial charge on any atom is 0.306 e. The molecule has 0 radical (unpaired) electrons. The van der Waals surface area contributed by atoms with Crippen LogP contribution in [0.15, 0.2) is 48.6 Å². The molecule has 0 aliphatic carbocycles. The van der Waals surface area contributed by atoms with Crippen LogP contribution in [0, 0.1) is 0 Å². The van der Waals surface area contributed by atoms with Gasteiger partial charge in [0.15, 0.2) is 6.10 Å². The second kappa shape index (κ2) is 48.7. The molecule has 2 atom stereocenters. The summed E-state index contributed by atoms with van der Waals surface area (Å²) in [5.74, 6) is -1.73. The quantitative estimate of drug-likeness (QED) is 0.0259. The average molecular weight is 928 g/mol. The Labute approximate surface area is 407 Å². The molecule has 0 saturated carbocycles. The van der Waals surface area contributed by atoms with Crippen molar-refractivity contribution < 1.29 is 38.2 Å². The Kier molecular flexibility index (Phi) is 46.7. The zero-order chi connectivity index (χ0) is 48.4. The number of quaternary nitrogens is 1. The van der Waals surface area contributed by atoms with Gasteiger partial charge in [0.1, 0.15) is 12.6 Å². The Bertz CT molecular complexity index is 1220. The van der Waals surface area contributed by atoms with Crippen LogP contribution in [0.25, 0.3) is 0 Å². The second-order valence-corrected chi connectivity index (χ2v) is 19.8. The van der Waals surface area contributed by atoms with Crippen molar-refractivity contribution in [3.63, 3.8) is 0 Å². The summed E-state index contributed by atoms with van der Waals surface area (Å²) in [7, 11) is 5.42. The number of carboxylic acids is 1. The van der Waals surface area contributed by atoms with Gasteiger partial charge in [-0.2, -0.15) is 0 Å². The lowest BCUT2D eigenvalue weighted by Gasteiger charge is -2.34. The number of hydrogen-bond acceptors (Lipinski definition) is 7. The van der Waals surface area contributed by atoms with Crippen molar-refractivity contribution in [1.29, 1.82) is 0 Å². The average Bonchev–Trinajstić information content (AvgIpc) is 3.28. The number of carbonyl (C=O) groups is 3. The molecule has 0 amide bonds. The first-order valence-electron chi connectivity index (χ1n) is 27.7. The number of aliphatic carboxylic acids is 1. The van der Waals surface area contributed by atoms with Crippen molar-refractivity contribution in [2.45, 2.75) is 264 Å². The maximum atomic E-state index is 12.8. The highest BCUT2D eigenvalue weighted by atomic mass is 16.6. The maximum absolute atomic E-state index is 12.8. The predicted octanol–water partition coefficient (Wildman–Crippen LogP) is 15.0. The zero-order valence-electron chi connectivity index (χ0n) is 43.9. The van der Waals surface area contributed by atoms with Gasteiger partial charge in [0, 0.05) is 19.3 Å². The molecular formula is C58H105NO7. The number of carboxylic acid groups (broad SMARTS) is 1. The number of allylic oxidation sites excluding steroid dienone is 8. The molecule has 2 unspecified atom stereocenters. The summed E-state index contributed by atoms with van der Waals surface area (Å²) in [5.41, 5.74) is 0. The summed E-state index contributed by atoms with van der Waals surface area (Å²) in [4.78, 5) is 37.1. The second-order valence-electron chi connectivity index (χ2n) is 19.8. The van der Waals surface area contributed by atoms with Gasteiger partial charge in [-0.25, -0.2) is 0 Å². The third kappa shape index (κ3) is 46.4. The molecule has 0 saturated heterocycles. The molecule has 0 N–H and O–H groups in total. The van der Waals surface area contributed by atoms with E-state index in [-0.39, 0.29) is 42.7 Å². The van der Waals surface area contributed by atoms with Crippen LogP contribution in [0.1, 0.15) is 251 Å². The third-order valence-electron chi connectivity index (χ3n) is 12.4. The number of likely N-dealkylation sites (N-methyl/N-ethyl adjacent to an activating group) is 1. The van der Waals surface area contributed by atoms with E-state index in [1.807, 2.05) is 21.1 Å². The highest BCUT2D eigenvalue weighted by Gasteiger charge is 2.25. The van der Waals surface area contributed by atoms with Crippen molar-refractivity contribution in [2.75, 3.05) is 41.0 Å². The molecule has 0 fully saturated rings. The Morgan fingerprint density at radius 3 is 1.27 bits per heavy atom. The molecule has 0 aromatic rings. The van der Waals surface area contributed by atoms with Crippen LogP contribution in [-0.2, 0) is 28.6 Å². The number of unbranched alkanes of at least 4 members (excludes halogenated alkanes) is 28. The summed E-state index contributed by atoms with van der Waals surface area (Å²) in [6.45, 7) is 4.58. The fourth-order valence-corrected chi connectivity index (χ4v) is 8.20. The predicted molar refractivity (Wildman–Crippen MR) is 277 cm³/mol. The first-order chi connectivity index (χ1) is 32.1. The van der Waals surface area contributed by atoms with Gasteiger partial charge in [-0.1, -0.05) is 210 Å². The van der Waals surface area contributed by atoms with E-state index in [0.29, 0.717) is 12.8 Å². The van der Waals surface area contributed by atoms with Crippen molar-refractivity contribution in [3.05, 3.63) is 48.6 Å². The summed E-state index contributed by atoms with van der Waals surface area (Å²) in [5, 5.41) is 11.7. The molecule has 384 valence electrons. The lowest BCUT2D eigenvalue weighted by atomic mass is 10.0. The minimum absolute atomic E-state index is 0.0393. The Morgan fingerprint density at radius 1 is 0.470 bits per heavy atom. The SMILES string of the molecule is CC/C=C/C/C=C/C/C=C/CCCCCCCCCCCCCC(=O)OCC(COCCC(C(=O)[O-])[N+](C)(C)C)OC(=O)CCCCCCCCC/C=C/CCCCCCCCCCCC. The van der Waals surface area contributed by atoms with Crippen LogP contribution < -0.4 is 5.11 Å². The molecule has 0 aliphatic heterocycles. The smallest absolute Gasteiger partial charge is 0.306 e. The number of hydrogen-bond donors (Lipinski definition) is 0. The van der Waals surface area contributed by atoms with Crippen molar-refractivity contribution in [2.24, 2.45) is 0 Å². The molecule has 0 aliphatic rings. The highest BCUT2D eigenvalue weighted by molar-refractivity contribution is 5.70. The van der Waals surface area contributed by atoms with Gasteiger partial charge in [-0.05, 0) is 70.6 Å². The van der Waals surface area contributed by atoms with Crippen LogP contribution in [0.2, 0.25) is 0 Å². The van der Waals surface area contributed by atoms with Gasteiger partial charge in [0.2, 0.25) is 0 Å². The molecule has 66 heavy (non-hydrogen) atoms. The Hall–Kier alpha value is -2.71. The first kappa shape index (κ1) is 63.3. The van der Waals surface area contributed by atoms with Crippen molar-refractivity contribution in [3.8, 4) is 0 Å². The molecule has 8 heteroatoms. The van der Waals surface area contributed by atoms with Crippen LogP contribution in [0.4, 0.5) is 0 Å². The normalized spacial score (nSPS) is 13.2. The Morgan fingerprint density at radius 2 is 0.848 bits per heavy atom. The molecule has 0 aromatic heterocycles. The molecule has 8 nitrogen and oxygen atoms in total. The van der Waals surface area contributed by atoms with Crippen molar-refractivity contribution in [1.82, 2.24) is 0 Å². The van der Waals surface area contributed by atoms with Gasteiger partial charge in [0.05, 0.1) is 40.3 Å². The van der Waals surface area contributed by atoms with Crippen LogP contribution in [-0.4, -0.2) is 75.5 Å². The molecule has 0 rings (SSSR count). The number of ether oxygens (including phenoxy) is 3. The number of rotatable bonds is 50. The number of carbonyl (C=O) groups excluding carboxylic acids is 3. The minimum atomic E-state index is -1.12. The van der Waals surface area contributed by atoms with Gasteiger partial charge >= 0.3 is 11.9 Å². The lowest BCUT2D eigenvalue weighted by Crippen LogP contribution is -2.55. The van der Waals surface area contributed by atoms with E-state index in [4.69, 9.17) is 14.2 Å². The molecule has 0 bridgehead atoms. The summed E-state index contributed by atoms with van der Waals surface area (Å²) < 4.78 is 17.3. The standard InChI is InChI=1S/C58H105NO7/c1-6-8-10-12-14-16-18-20-22-24-26-28-30-32-34-36-38-40-42-44-46-48-56(60)65-53-54(52-64-51-50-55(58(62)63)59(3,4)5)66-57(61)49-47-45-43-41-39-37-35-33-31-29-27-25-23-21-19-17-15-13-11-9-7-2/h8,10,14,16,20,22,29,31,54-55H,6-7,9,11-13,15,17-19,21,23-28,30,32-53H2,1-5H3/b10-8+,16-14+,22-20+,31-29+. The largest absolute Gasteiger partial charge is 0.544 e. The highest BCUT2D eigenvalue weighted by Crippen LogP contribution is 2.16. The monoisotopic (exact) mass is 928 g/mol. The van der Waals surface area contributed by atoms with E-state index in [9.17, 15) is 19.5 Å². The van der Waals surface area contributed by atoms with Gasteiger partial charge in [0.25, 0.3) is 0 Å². The first-order valence-corrected chi connectivity index (χ1v) is 27.7. The summed E-state index contributed by atoms with van der Waals surface area (Å²) in [6.07, 6.45) is 60.0. The Balaban J connectivity index is 4.19. The van der Waals surface area contributed by atoms with Crippen LogP contribution in [0.3, 0.4) is 0 Å². The summed E-state index contributed by atoms with van der Waals surface area (Å²) in [6, 6.07) is -0.728. The van der Waals surface area contributed by atoms with Gasteiger partial charge < -0.3 is 28.6 Å². The fourth-order valence-electron chi connectivity index (χ4n) is 8.20. The van der Waals surface area contributed by atoms with E-state index in [0.717, 1.165) is 57.8 Å². The summed E-state index contributed by atoms with van der Waals surface area (Å²) >= 11 is 0. The molecule has 0 spiro atoms. The minimum Gasteiger partial charge on any atom is -0.544 e. The molecule has 0 aromatic carbocycles. The van der Waals surface area contributed by atoms with Crippen LogP contribution >= 0.6 is 0 Å². The number of nitrogens with zero attached hydrogens (tertiary/aromatic N) is 1. The molecule has 0 heterocycles. The fraction of sp³-hybridized carbons (Fsp3) is 0.810. The molecular weight excluding hydrogens is 823 g/mol. The van der Waals surface area contributed by atoms with E-state index >= 15 is 0 Å². The van der Waals surface area contributed by atoms with E-state index in [2.05, 4.69) is 62.5 Å². The number of esters is 2. The zero-order valence-corrected chi connectivity index (χ0v) is 43.9. The lowest BCUT2D eigenvalue weighted by molar-refractivity contribution is -0.889. The third-order valence-corrected chi connectivity index (χ3v) is 12.4. The van der Waals surface area contributed by atoms with E-state index < -0.39 is 18.1 Å². The van der Waals surface area contributed by atoms with Crippen LogP contribution in [0.5, 0.6) is 0 Å². The van der Waals surface area contributed by atoms with E-state index in [1.165, 1.54) is 161 Å². The van der Waals surface area contributed by atoms with Gasteiger partial charge in [-0.15, -0.1) is 0 Å². The van der Waals surface area contributed by atoms with Crippen molar-refractivity contribution >= 4 is 17.9 Å². The van der Waals surface area contributed by atoms with Gasteiger partial charge in [-0.3, -0.25) is 9.59 Å². The van der Waals surface area contributed by atoms with E-state index in [1.54, 1.807) is 0 Å².